The summed E-state index contributed by atoms with van der Waals surface area (Å²) in [6.45, 7) is 0.884. The molecule has 0 saturated heterocycles. The Bertz CT molecular complexity index is 1310. The summed E-state index contributed by atoms with van der Waals surface area (Å²) < 4.78 is 25.6. The summed E-state index contributed by atoms with van der Waals surface area (Å²) in [7, 11) is 0. The van der Waals surface area contributed by atoms with Gasteiger partial charge in [0.05, 0.1) is 11.0 Å². The molecule has 0 saturated carbocycles. The van der Waals surface area contributed by atoms with Crippen LogP contribution in [0.4, 0.5) is 10.1 Å². The van der Waals surface area contributed by atoms with E-state index in [-0.39, 0.29) is 16.7 Å². The van der Waals surface area contributed by atoms with Gasteiger partial charge in [-0.3, -0.25) is 9.59 Å². The van der Waals surface area contributed by atoms with E-state index in [9.17, 15) is 14.0 Å². The van der Waals surface area contributed by atoms with E-state index >= 15 is 0 Å². The molecule has 140 valence electrons. The van der Waals surface area contributed by atoms with Gasteiger partial charge in [-0.15, -0.1) is 5.10 Å². The van der Waals surface area contributed by atoms with Gasteiger partial charge >= 0.3 is 0 Å². The second-order valence-electron chi connectivity index (χ2n) is 6.13. The molecule has 0 radical (unpaired) electrons. The lowest BCUT2D eigenvalue weighted by Crippen LogP contribution is -2.19. The molecule has 10 heteroatoms. The Kier molecular flexibility index (Phi) is 3.51. The summed E-state index contributed by atoms with van der Waals surface area (Å²) >= 11 is 0. The number of halogens is 1. The number of ether oxygens (including phenoxy) is 2. The average molecular weight is 381 g/mol. The van der Waals surface area contributed by atoms with Crippen molar-refractivity contribution in [1.82, 2.24) is 19.8 Å². The molecule has 3 heterocycles. The van der Waals surface area contributed by atoms with Crippen molar-refractivity contribution >= 4 is 28.1 Å². The maximum absolute atomic E-state index is 13.4. The monoisotopic (exact) mass is 381 g/mol. The smallest absolute Gasteiger partial charge is 0.278 e. The van der Waals surface area contributed by atoms with Crippen LogP contribution in [-0.4, -0.2) is 38.9 Å². The number of fused-ring (bicyclic) bond motifs is 4. The number of carbonyl (C=O) groups is 1. The summed E-state index contributed by atoms with van der Waals surface area (Å²) in [5.74, 6) is -0.00549. The van der Waals surface area contributed by atoms with Crippen LogP contribution in [0, 0.1) is 5.82 Å². The van der Waals surface area contributed by atoms with Gasteiger partial charge in [-0.1, -0.05) is 5.21 Å². The molecule has 1 aliphatic heterocycles. The summed E-state index contributed by atoms with van der Waals surface area (Å²) in [6.07, 6.45) is 0. The predicted octanol–water partition coefficient (Wildman–Crippen LogP) is 1.73. The first kappa shape index (κ1) is 16.2. The van der Waals surface area contributed by atoms with E-state index < -0.39 is 17.3 Å². The number of hydrogen-bond acceptors (Lipinski definition) is 6. The highest BCUT2D eigenvalue weighted by molar-refractivity contribution is 6.07. The molecular weight excluding hydrogens is 369 g/mol. The fourth-order valence-electron chi connectivity index (χ4n) is 3.09. The predicted molar refractivity (Wildman–Crippen MR) is 96.5 cm³/mol. The van der Waals surface area contributed by atoms with Gasteiger partial charge in [0.15, 0.2) is 22.7 Å². The summed E-state index contributed by atoms with van der Waals surface area (Å²) in [5.41, 5.74) is 0.338. The number of rotatable bonds is 2. The van der Waals surface area contributed by atoms with Gasteiger partial charge < -0.3 is 19.8 Å². The van der Waals surface area contributed by atoms with Crippen LogP contribution >= 0.6 is 0 Å². The molecule has 0 unspecified atom stereocenters. The minimum atomic E-state index is -0.612. The number of anilines is 1. The normalized spacial score (nSPS) is 13.0. The molecule has 0 atom stereocenters. The molecule has 2 N–H and O–H groups in total. The Morgan fingerprint density at radius 2 is 1.96 bits per heavy atom. The largest absolute Gasteiger partial charge is 0.486 e. The molecule has 2 aromatic heterocycles. The Labute approximate surface area is 155 Å². The third-order valence-electron chi connectivity index (χ3n) is 4.34. The van der Waals surface area contributed by atoms with Crippen molar-refractivity contribution in [2.45, 2.75) is 0 Å². The number of aromatic amines is 1. The van der Waals surface area contributed by atoms with Gasteiger partial charge in [-0.05, 0) is 30.3 Å². The maximum Gasteiger partial charge on any atom is 0.278 e. The lowest BCUT2D eigenvalue weighted by Gasteiger charge is -2.18. The Morgan fingerprint density at radius 3 is 2.82 bits per heavy atom. The summed E-state index contributed by atoms with van der Waals surface area (Å²) in [6, 6.07) is 8.82. The van der Waals surface area contributed by atoms with E-state index in [1.165, 1.54) is 22.7 Å². The van der Waals surface area contributed by atoms with Crippen LogP contribution in [0.15, 0.2) is 41.2 Å². The number of nitrogens with zero attached hydrogens (tertiary/aromatic N) is 3. The van der Waals surface area contributed by atoms with Crippen molar-refractivity contribution in [3.05, 3.63) is 58.3 Å². The van der Waals surface area contributed by atoms with Gasteiger partial charge in [0.25, 0.3) is 11.5 Å². The molecule has 5 rings (SSSR count). The zero-order valence-corrected chi connectivity index (χ0v) is 14.2. The van der Waals surface area contributed by atoms with Crippen molar-refractivity contribution in [1.29, 1.82) is 0 Å². The molecule has 9 nitrogen and oxygen atoms in total. The molecule has 0 aliphatic carbocycles. The first-order chi connectivity index (χ1) is 13.6. The van der Waals surface area contributed by atoms with E-state index in [1.54, 1.807) is 18.2 Å². The lowest BCUT2D eigenvalue weighted by molar-refractivity contribution is 0.102. The van der Waals surface area contributed by atoms with Crippen molar-refractivity contribution in [3.63, 3.8) is 0 Å². The number of nitrogens with one attached hydrogen (secondary N) is 2. The van der Waals surface area contributed by atoms with Gasteiger partial charge in [0, 0.05) is 11.8 Å². The van der Waals surface area contributed by atoms with Crippen LogP contribution in [0.3, 0.4) is 0 Å². The van der Waals surface area contributed by atoms with Gasteiger partial charge in [-0.2, -0.15) is 0 Å². The number of hydrogen-bond donors (Lipinski definition) is 2. The number of carbonyl (C=O) groups excluding carboxylic acids is 1. The van der Waals surface area contributed by atoms with E-state index in [4.69, 9.17) is 9.47 Å². The zero-order valence-electron chi connectivity index (χ0n) is 14.2. The standard InChI is InChI=1S/C18H12FN5O4/c19-9-1-3-12-11(7-9)21-18(26)16-15(22-23-24(12)16)17(25)20-10-2-4-13-14(8-10)28-6-5-27-13/h1-4,7-8H,5-6H2,(H,20,25)(H,21,26). The number of amides is 1. The first-order valence-corrected chi connectivity index (χ1v) is 8.38. The average Bonchev–Trinajstić information content (AvgIpc) is 3.14. The van der Waals surface area contributed by atoms with E-state index in [2.05, 4.69) is 20.6 Å². The Balaban J connectivity index is 1.55. The fraction of sp³-hybridized carbons (Fsp3) is 0.111. The number of H-pyrrole nitrogens is 1. The SMILES string of the molecule is O=C(Nc1ccc2c(c1)OCCO2)c1nnn2c1c(=O)[nH]c1cc(F)ccc12. The van der Waals surface area contributed by atoms with Crippen molar-refractivity contribution in [3.8, 4) is 11.5 Å². The van der Waals surface area contributed by atoms with Crippen molar-refractivity contribution in [2.24, 2.45) is 0 Å². The van der Waals surface area contributed by atoms with E-state index in [1.807, 2.05) is 0 Å². The van der Waals surface area contributed by atoms with Gasteiger partial charge in [0.2, 0.25) is 0 Å². The molecule has 2 aromatic carbocycles. The molecule has 4 aromatic rings. The molecule has 28 heavy (non-hydrogen) atoms. The highest BCUT2D eigenvalue weighted by Gasteiger charge is 2.21. The molecule has 1 amide bonds. The van der Waals surface area contributed by atoms with Crippen molar-refractivity contribution in [2.75, 3.05) is 18.5 Å². The number of aromatic nitrogens is 4. The summed E-state index contributed by atoms with van der Waals surface area (Å²) in [5, 5.41) is 10.4. The number of benzene rings is 2. The summed E-state index contributed by atoms with van der Waals surface area (Å²) in [4.78, 5) is 27.7. The second kappa shape index (κ2) is 6.05. The van der Waals surface area contributed by atoms with Crippen LogP contribution in [0.2, 0.25) is 0 Å². The molecule has 0 bridgehead atoms. The van der Waals surface area contributed by atoms with Gasteiger partial charge in [-0.25, -0.2) is 8.91 Å². The Hall–Kier alpha value is -3.95. The molecule has 0 spiro atoms. The van der Waals surface area contributed by atoms with Gasteiger partial charge in [0.1, 0.15) is 19.0 Å². The van der Waals surface area contributed by atoms with E-state index in [0.717, 1.165) is 0 Å². The highest BCUT2D eigenvalue weighted by atomic mass is 19.1. The third kappa shape index (κ3) is 2.54. The van der Waals surface area contributed by atoms with Crippen LogP contribution < -0.4 is 20.3 Å². The zero-order chi connectivity index (χ0) is 19.3. The molecular formula is C18H12FN5O4. The third-order valence-corrected chi connectivity index (χ3v) is 4.34. The quantitative estimate of drug-likeness (QED) is 0.547. The maximum atomic E-state index is 13.4. The van der Waals surface area contributed by atoms with Crippen LogP contribution in [0.25, 0.3) is 16.6 Å². The Morgan fingerprint density at radius 1 is 1.14 bits per heavy atom. The van der Waals surface area contributed by atoms with Crippen LogP contribution in [0.5, 0.6) is 11.5 Å². The lowest BCUT2D eigenvalue weighted by atomic mass is 10.2. The minimum Gasteiger partial charge on any atom is -0.486 e. The second-order valence-corrected chi connectivity index (χ2v) is 6.13. The van der Waals surface area contributed by atoms with Crippen LogP contribution in [-0.2, 0) is 0 Å². The molecule has 0 fully saturated rings. The fourth-order valence-corrected chi connectivity index (χ4v) is 3.09. The highest BCUT2D eigenvalue weighted by Crippen LogP contribution is 2.32. The minimum absolute atomic E-state index is 0.0332. The topological polar surface area (TPSA) is 111 Å². The van der Waals surface area contributed by atoms with E-state index in [0.29, 0.717) is 35.9 Å². The van der Waals surface area contributed by atoms with Crippen LogP contribution in [0.1, 0.15) is 10.5 Å². The molecule has 1 aliphatic rings. The first-order valence-electron chi connectivity index (χ1n) is 8.38. The van der Waals surface area contributed by atoms with Crippen molar-refractivity contribution < 1.29 is 18.7 Å².